The Labute approximate surface area is 163 Å². The summed E-state index contributed by atoms with van der Waals surface area (Å²) < 4.78 is 24.7. The third-order valence-electron chi connectivity index (χ3n) is 5.71. The van der Waals surface area contributed by atoms with Crippen LogP contribution in [0.2, 0.25) is 0 Å². The molecule has 0 heterocycles. The van der Waals surface area contributed by atoms with Gasteiger partial charge < -0.3 is 0 Å². The summed E-state index contributed by atoms with van der Waals surface area (Å²) in [5.41, 5.74) is 5.78. The van der Waals surface area contributed by atoms with Gasteiger partial charge in [-0.3, -0.25) is 0 Å². The highest BCUT2D eigenvalue weighted by Crippen LogP contribution is 2.59. The monoisotopic (exact) mass is 464 g/mol. The van der Waals surface area contributed by atoms with Crippen molar-refractivity contribution in [2.24, 2.45) is 5.41 Å². The highest BCUT2D eigenvalue weighted by Gasteiger charge is 2.43. The summed E-state index contributed by atoms with van der Waals surface area (Å²) in [6.45, 7) is 0. The van der Waals surface area contributed by atoms with Crippen LogP contribution in [0.5, 0.6) is 0 Å². The van der Waals surface area contributed by atoms with E-state index < -0.39 is 9.84 Å². The molecule has 0 aromatic heterocycles. The molecule has 4 heteroatoms. The van der Waals surface area contributed by atoms with Crippen molar-refractivity contribution in [1.29, 1.82) is 0 Å². The van der Waals surface area contributed by atoms with Gasteiger partial charge in [0.1, 0.15) is 0 Å². The van der Waals surface area contributed by atoms with Crippen molar-refractivity contribution in [1.82, 2.24) is 0 Å². The van der Waals surface area contributed by atoms with E-state index in [0.29, 0.717) is 10.3 Å². The van der Waals surface area contributed by atoms with Gasteiger partial charge in [0.05, 0.1) is 4.90 Å². The van der Waals surface area contributed by atoms with Gasteiger partial charge in [-0.2, -0.15) is 0 Å². The van der Waals surface area contributed by atoms with Crippen molar-refractivity contribution in [3.63, 3.8) is 0 Å². The lowest BCUT2D eigenvalue weighted by molar-refractivity contribution is 0.157. The zero-order chi connectivity index (χ0) is 17.7. The van der Waals surface area contributed by atoms with E-state index in [4.69, 9.17) is 0 Å². The van der Waals surface area contributed by atoms with Crippen molar-refractivity contribution in [3.05, 3.63) is 63.2 Å². The van der Waals surface area contributed by atoms with Crippen LogP contribution in [0.15, 0.2) is 53.4 Å². The Bertz CT molecular complexity index is 934. The van der Waals surface area contributed by atoms with Crippen molar-refractivity contribution in [3.8, 4) is 0 Å². The standard InChI is InChI=1S/C21H21IO2S/c1-25(23,24)18-9-5-16(6-10-18)20-14-21(11-2-12-21)13-19(20)15-3-7-17(22)8-4-15/h3-10H,2,11-14H2,1H3. The van der Waals surface area contributed by atoms with Crippen LogP contribution in [0, 0.1) is 8.99 Å². The number of halogens is 1. The molecule has 130 valence electrons. The summed E-state index contributed by atoms with van der Waals surface area (Å²) in [6, 6.07) is 16.2. The largest absolute Gasteiger partial charge is 0.224 e. The van der Waals surface area contributed by atoms with E-state index in [0.717, 1.165) is 12.8 Å². The molecule has 2 nitrogen and oxygen atoms in total. The molecule has 0 saturated heterocycles. The summed E-state index contributed by atoms with van der Waals surface area (Å²) in [4.78, 5) is 0.393. The molecule has 0 aliphatic heterocycles. The Hall–Kier alpha value is -1.14. The fourth-order valence-electron chi connectivity index (χ4n) is 4.16. The molecule has 1 saturated carbocycles. The molecule has 2 aliphatic carbocycles. The maximum absolute atomic E-state index is 11.7. The number of rotatable bonds is 3. The molecular weight excluding hydrogens is 443 g/mol. The van der Waals surface area contributed by atoms with E-state index in [2.05, 4.69) is 46.9 Å². The second kappa shape index (κ2) is 6.23. The van der Waals surface area contributed by atoms with Crippen molar-refractivity contribution < 1.29 is 8.42 Å². The second-order valence-electron chi connectivity index (χ2n) is 7.47. The molecule has 0 bridgehead atoms. The SMILES string of the molecule is CS(=O)(=O)c1ccc(C2=C(c3ccc(I)cc3)CC3(CCC3)C2)cc1. The van der Waals surface area contributed by atoms with Gasteiger partial charge in [-0.25, -0.2) is 8.42 Å². The molecule has 2 aliphatic rings. The molecule has 2 aromatic carbocycles. The van der Waals surface area contributed by atoms with Crippen molar-refractivity contribution in [2.45, 2.75) is 37.0 Å². The van der Waals surface area contributed by atoms with Crippen LogP contribution in [0.4, 0.5) is 0 Å². The van der Waals surface area contributed by atoms with Gasteiger partial charge in [-0.15, -0.1) is 0 Å². The van der Waals surface area contributed by atoms with Crippen molar-refractivity contribution >= 4 is 43.6 Å². The van der Waals surface area contributed by atoms with E-state index in [-0.39, 0.29) is 0 Å². The first kappa shape index (κ1) is 17.3. The summed E-state index contributed by atoms with van der Waals surface area (Å²) in [6.07, 6.45) is 7.48. The van der Waals surface area contributed by atoms with E-state index in [1.54, 1.807) is 12.1 Å². The lowest BCUT2D eigenvalue weighted by Crippen LogP contribution is -2.26. The fourth-order valence-corrected chi connectivity index (χ4v) is 5.15. The molecule has 1 spiro atoms. The van der Waals surface area contributed by atoms with Gasteiger partial charge in [0.2, 0.25) is 0 Å². The molecule has 0 unspecified atom stereocenters. The number of allylic oxidation sites excluding steroid dienone is 2. The van der Waals surface area contributed by atoms with Gasteiger partial charge in [-0.1, -0.05) is 30.7 Å². The van der Waals surface area contributed by atoms with Crippen LogP contribution in [0.25, 0.3) is 11.1 Å². The number of hydrogen-bond acceptors (Lipinski definition) is 2. The smallest absolute Gasteiger partial charge is 0.175 e. The molecule has 2 aromatic rings. The average molecular weight is 464 g/mol. The summed E-state index contributed by atoms with van der Waals surface area (Å²) in [5, 5.41) is 0. The average Bonchev–Trinajstić information content (AvgIpc) is 2.96. The van der Waals surface area contributed by atoms with Gasteiger partial charge in [0, 0.05) is 9.83 Å². The van der Waals surface area contributed by atoms with Gasteiger partial charge in [0.15, 0.2) is 9.84 Å². The van der Waals surface area contributed by atoms with E-state index in [9.17, 15) is 8.42 Å². The molecule has 1 fully saturated rings. The lowest BCUT2D eigenvalue weighted by Gasteiger charge is -2.39. The van der Waals surface area contributed by atoms with Crippen LogP contribution in [-0.4, -0.2) is 14.7 Å². The summed E-state index contributed by atoms with van der Waals surface area (Å²) >= 11 is 2.34. The molecule has 0 N–H and O–H groups in total. The Kier molecular flexibility index (Phi) is 4.31. The quantitative estimate of drug-likeness (QED) is 0.557. The van der Waals surface area contributed by atoms with Crippen molar-refractivity contribution in [2.75, 3.05) is 6.26 Å². The van der Waals surface area contributed by atoms with Crippen LogP contribution in [0.3, 0.4) is 0 Å². The normalized spacial score (nSPS) is 19.3. The predicted octanol–water partition coefficient (Wildman–Crippen LogP) is 5.57. The zero-order valence-electron chi connectivity index (χ0n) is 14.3. The topological polar surface area (TPSA) is 34.1 Å². The Balaban J connectivity index is 1.77. The first-order chi connectivity index (χ1) is 11.9. The molecular formula is C21H21IO2S. The number of sulfone groups is 1. The predicted molar refractivity (Wildman–Crippen MR) is 111 cm³/mol. The first-order valence-electron chi connectivity index (χ1n) is 8.65. The Morgan fingerprint density at radius 2 is 1.32 bits per heavy atom. The highest BCUT2D eigenvalue weighted by atomic mass is 127. The van der Waals surface area contributed by atoms with Gasteiger partial charge >= 0.3 is 0 Å². The molecule has 0 atom stereocenters. The first-order valence-corrected chi connectivity index (χ1v) is 11.6. The highest BCUT2D eigenvalue weighted by molar-refractivity contribution is 14.1. The van der Waals surface area contributed by atoms with Gasteiger partial charge in [0.25, 0.3) is 0 Å². The van der Waals surface area contributed by atoms with Crippen LogP contribution in [0.1, 0.15) is 43.2 Å². The Morgan fingerprint density at radius 1 is 0.840 bits per heavy atom. The van der Waals surface area contributed by atoms with Crippen LogP contribution >= 0.6 is 22.6 Å². The number of benzene rings is 2. The fraction of sp³-hybridized carbons (Fsp3) is 0.333. The molecule has 0 radical (unpaired) electrons. The second-order valence-corrected chi connectivity index (χ2v) is 10.7. The van der Waals surface area contributed by atoms with Crippen LogP contribution < -0.4 is 0 Å². The maximum Gasteiger partial charge on any atom is 0.175 e. The van der Waals surface area contributed by atoms with E-state index in [1.165, 1.54) is 51.4 Å². The van der Waals surface area contributed by atoms with Gasteiger partial charge in [-0.05, 0) is 100 Å². The van der Waals surface area contributed by atoms with E-state index in [1.807, 2.05) is 12.1 Å². The molecule has 25 heavy (non-hydrogen) atoms. The maximum atomic E-state index is 11.7. The summed E-state index contributed by atoms with van der Waals surface area (Å²) in [5.74, 6) is 0. The minimum atomic E-state index is -3.15. The summed E-state index contributed by atoms with van der Waals surface area (Å²) in [7, 11) is -3.15. The lowest BCUT2D eigenvalue weighted by atomic mass is 9.66. The third-order valence-corrected chi connectivity index (χ3v) is 7.55. The minimum absolute atomic E-state index is 0.393. The van der Waals surface area contributed by atoms with Crippen LogP contribution in [-0.2, 0) is 9.84 Å². The molecule has 0 amide bonds. The third kappa shape index (κ3) is 3.31. The number of hydrogen-bond donors (Lipinski definition) is 0. The Morgan fingerprint density at radius 3 is 1.72 bits per heavy atom. The molecule has 4 rings (SSSR count). The minimum Gasteiger partial charge on any atom is -0.224 e. The zero-order valence-corrected chi connectivity index (χ0v) is 17.2. The van der Waals surface area contributed by atoms with E-state index >= 15 is 0 Å².